The van der Waals surface area contributed by atoms with E-state index in [0.717, 1.165) is 61.1 Å². The lowest BCUT2D eigenvalue weighted by molar-refractivity contribution is 0.669. The van der Waals surface area contributed by atoms with Crippen LogP contribution in [-0.2, 0) is 0 Å². The van der Waals surface area contributed by atoms with Crippen molar-refractivity contribution >= 4 is 54.3 Å². The van der Waals surface area contributed by atoms with Crippen LogP contribution in [0.3, 0.4) is 0 Å². The van der Waals surface area contributed by atoms with Gasteiger partial charge in [-0.3, -0.25) is 0 Å². The summed E-state index contributed by atoms with van der Waals surface area (Å²) in [6, 6.07) is 68.7. The summed E-state index contributed by atoms with van der Waals surface area (Å²) in [4.78, 5) is 10.1. The van der Waals surface area contributed by atoms with Crippen LogP contribution >= 0.6 is 0 Å². The van der Waals surface area contributed by atoms with Crippen molar-refractivity contribution in [3.8, 4) is 56.2 Å². The number of aromatic nitrogens is 2. The maximum atomic E-state index is 6.20. The lowest BCUT2D eigenvalue weighted by Crippen LogP contribution is -1.96. The van der Waals surface area contributed by atoms with Gasteiger partial charge in [0.05, 0.1) is 11.4 Å². The monoisotopic (exact) mass is 700 g/mol. The lowest BCUT2D eigenvalue weighted by Gasteiger charge is -2.16. The first-order chi connectivity index (χ1) is 27.2. The normalized spacial score (nSPS) is 11.6. The minimum Gasteiger partial charge on any atom is -0.456 e. The third-order valence-corrected chi connectivity index (χ3v) is 10.9. The van der Waals surface area contributed by atoms with E-state index in [2.05, 4.69) is 158 Å². The van der Waals surface area contributed by atoms with E-state index in [1.165, 1.54) is 43.4 Å². The molecule has 9 aromatic carbocycles. The first-order valence-corrected chi connectivity index (χ1v) is 18.6. The highest BCUT2D eigenvalue weighted by molar-refractivity contribution is 6.29. The zero-order valence-corrected chi connectivity index (χ0v) is 29.8. The molecule has 0 fully saturated rings. The van der Waals surface area contributed by atoms with Crippen LogP contribution in [0.1, 0.15) is 0 Å². The molecular formula is C52H32N2O. The first-order valence-electron chi connectivity index (χ1n) is 18.6. The molecule has 0 amide bonds. The van der Waals surface area contributed by atoms with Gasteiger partial charge in [-0.25, -0.2) is 9.97 Å². The lowest BCUT2D eigenvalue weighted by atomic mass is 9.88. The van der Waals surface area contributed by atoms with Gasteiger partial charge in [-0.2, -0.15) is 0 Å². The minimum atomic E-state index is 0.710. The molecular weight excluding hydrogens is 669 g/mol. The fourth-order valence-corrected chi connectivity index (χ4v) is 8.24. The largest absolute Gasteiger partial charge is 0.456 e. The highest BCUT2D eigenvalue weighted by Crippen LogP contribution is 2.43. The van der Waals surface area contributed by atoms with E-state index in [4.69, 9.17) is 14.4 Å². The average Bonchev–Trinajstić information content (AvgIpc) is 3.64. The molecule has 0 aliphatic heterocycles. The van der Waals surface area contributed by atoms with Gasteiger partial charge in [-0.05, 0) is 91.0 Å². The SMILES string of the molecule is c1ccc(-c2cc(-c3cccc(-c4ccc5c(c4)c4ccccc4c4cccc(-c6ccc7oc8ccccc8c7c6)c45)c3)nc(-c3ccccc3)n2)cc1. The molecule has 0 bridgehead atoms. The second kappa shape index (κ2) is 12.6. The van der Waals surface area contributed by atoms with Crippen LogP contribution in [0.4, 0.5) is 0 Å². The number of benzene rings is 9. The average molecular weight is 701 g/mol. The fraction of sp³-hybridized carbons (Fsp3) is 0. The van der Waals surface area contributed by atoms with E-state index in [-0.39, 0.29) is 0 Å². The Morgan fingerprint density at radius 2 is 0.836 bits per heavy atom. The number of hydrogen-bond acceptors (Lipinski definition) is 3. The Hall–Kier alpha value is -7.36. The zero-order chi connectivity index (χ0) is 36.3. The summed E-state index contributed by atoms with van der Waals surface area (Å²) in [5, 5.41) is 9.73. The Balaban J connectivity index is 1.08. The van der Waals surface area contributed by atoms with Crippen molar-refractivity contribution in [3.63, 3.8) is 0 Å². The predicted octanol–water partition coefficient (Wildman–Crippen LogP) is 14.2. The van der Waals surface area contributed by atoms with Crippen LogP contribution in [0.15, 0.2) is 199 Å². The van der Waals surface area contributed by atoms with E-state index in [9.17, 15) is 0 Å². The Labute approximate surface area is 317 Å². The maximum absolute atomic E-state index is 6.20. The number of para-hydroxylation sites is 1. The van der Waals surface area contributed by atoms with Crippen molar-refractivity contribution in [3.05, 3.63) is 194 Å². The van der Waals surface area contributed by atoms with E-state index in [1.54, 1.807) is 0 Å². The summed E-state index contributed by atoms with van der Waals surface area (Å²) in [5.41, 5.74) is 11.4. The summed E-state index contributed by atoms with van der Waals surface area (Å²) < 4.78 is 6.20. The second-order valence-electron chi connectivity index (χ2n) is 14.1. The molecule has 55 heavy (non-hydrogen) atoms. The number of nitrogens with zero attached hydrogens (tertiary/aromatic N) is 2. The Morgan fingerprint density at radius 3 is 1.65 bits per heavy atom. The second-order valence-corrected chi connectivity index (χ2v) is 14.1. The van der Waals surface area contributed by atoms with E-state index in [1.807, 2.05) is 36.4 Å². The molecule has 0 atom stereocenters. The van der Waals surface area contributed by atoms with E-state index >= 15 is 0 Å². The summed E-state index contributed by atoms with van der Waals surface area (Å²) in [5.74, 6) is 0.710. The van der Waals surface area contributed by atoms with Gasteiger partial charge in [0.25, 0.3) is 0 Å². The molecule has 0 saturated heterocycles. The molecule has 0 aliphatic carbocycles. The standard InChI is InChI=1S/C52H32N2O/c1-3-13-33(14-4-1)47-32-48(54-52(53-47)34-15-5-2-6-16-34)38-18-11-17-35(29-38)36-25-27-44-45(30-36)41-20-8-7-19-40(41)43-23-12-22-39(51(43)44)37-26-28-50-46(31-37)42-21-9-10-24-49(42)55-50/h1-32H. The van der Waals surface area contributed by atoms with Crippen molar-refractivity contribution < 1.29 is 4.42 Å². The Kier molecular flexibility index (Phi) is 7.17. The molecule has 256 valence electrons. The molecule has 3 heteroatoms. The number of rotatable bonds is 5. The van der Waals surface area contributed by atoms with Gasteiger partial charge in [-0.15, -0.1) is 0 Å². The van der Waals surface area contributed by atoms with E-state index in [0.29, 0.717) is 5.82 Å². The van der Waals surface area contributed by atoms with Crippen LogP contribution in [0.25, 0.3) is 110 Å². The molecule has 0 aliphatic rings. The molecule has 0 spiro atoms. The van der Waals surface area contributed by atoms with Gasteiger partial charge in [0, 0.05) is 27.5 Å². The fourth-order valence-electron chi connectivity index (χ4n) is 8.24. The van der Waals surface area contributed by atoms with Gasteiger partial charge in [0.1, 0.15) is 11.2 Å². The number of hydrogen-bond donors (Lipinski definition) is 0. The summed E-state index contributed by atoms with van der Waals surface area (Å²) in [6.45, 7) is 0. The van der Waals surface area contributed by atoms with Gasteiger partial charge >= 0.3 is 0 Å². The third kappa shape index (κ3) is 5.28. The molecule has 0 radical (unpaired) electrons. The molecule has 3 nitrogen and oxygen atoms in total. The summed E-state index contributed by atoms with van der Waals surface area (Å²) >= 11 is 0. The molecule has 2 aromatic heterocycles. The van der Waals surface area contributed by atoms with E-state index < -0.39 is 0 Å². The van der Waals surface area contributed by atoms with Crippen molar-refractivity contribution in [2.75, 3.05) is 0 Å². The topological polar surface area (TPSA) is 38.9 Å². The highest BCUT2D eigenvalue weighted by atomic mass is 16.3. The first kappa shape index (κ1) is 31.2. The van der Waals surface area contributed by atoms with Crippen LogP contribution in [-0.4, -0.2) is 9.97 Å². The minimum absolute atomic E-state index is 0.710. The third-order valence-electron chi connectivity index (χ3n) is 10.9. The zero-order valence-electron chi connectivity index (χ0n) is 29.8. The molecule has 0 unspecified atom stereocenters. The van der Waals surface area contributed by atoms with Gasteiger partial charge in [-0.1, -0.05) is 158 Å². The number of fused-ring (bicyclic) bond motifs is 9. The summed E-state index contributed by atoms with van der Waals surface area (Å²) in [7, 11) is 0. The number of furan rings is 1. The summed E-state index contributed by atoms with van der Waals surface area (Å²) in [6.07, 6.45) is 0. The Bertz CT molecular complexity index is 3200. The van der Waals surface area contributed by atoms with Crippen molar-refractivity contribution in [2.24, 2.45) is 0 Å². The smallest absolute Gasteiger partial charge is 0.160 e. The van der Waals surface area contributed by atoms with Crippen LogP contribution < -0.4 is 0 Å². The van der Waals surface area contributed by atoms with Crippen LogP contribution in [0.2, 0.25) is 0 Å². The van der Waals surface area contributed by atoms with Crippen molar-refractivity contribution in [1.29, 1.82) is 0 Å². The maximum Gasteiger partial charge on any atom is 0.160 e. The van der Waals surface area contributed by atoms with Gasteiger partial charge < -0.3 is 4.42 Å². The van der Waals surface area contributed by atoms with Crippen LogP contribution in [0.5, 0.6) is 0 Å². The molecule has 11 aromatic rings. The highest BCUT2D eigenvalue weighted by Gasteiger charge is 2.16. The molecule has 0 N–H and O–H groups in total. The molecule has 0 saturated carbocycles. The molecule has 11 rings (SSSR count). The van der Waals surface area contributed by atoms with Crippen molar-refractivity contribution in [2.45, 2.75) is 0 Å². The quantitative estimate of drug-likeness (QED) is 0.168. The predicted molar refractivity (Wildman–Crippen MR) is 229 cm³/mol. The Morgan fingerprint density at radius 1 is 0.291 bits per heavy atom. The van der Waals surface area contributed by atoms with Gasteiger partial charge in [0.2, 0.25) is 0 Å². The van der Waals surface area contributed by atoms with Crippen LogP contribution in [0, 0.1) is 0 Å². The van der Waals surface area contributed by atoms with Crippen molar-refractivity contribution in [1.82, 2.24) is 9.97 Å². The molecule has 2 heterocycles. The van der Waals surface area contributed by atoms with Gasteiger partial charge in [0.15, 0.2) is 5.82 Å².